The van der Waals surface area contributed by atoms with Crippen LogP contribution in [-0.4, -0.2) is 27.8 Å². The SMILES string of the molecule is O=C(N[C@@H](Cc1ccccc1)C(=O)Nc1ccc(Sc2nc3ccccc3[nH]2)cc1)c1ccco1. The summed E-state index contributed by atoms with van der Waals surface area (Å²) in [6.07, 6.45) is 1.77. The van der Waals surface area contributed by atoms with Crippen molar-refractivity contribution in [3.63, 3.8) is 0 Å². The van der Waals surface area contributed by atoms with E-state index in [1.807, 2.05) is 78.9 Å². The topological polar surface area (TPSA) is 100 Å². The molecular weight excluding hydrogens is 460 g/mol. The van der Waals surface area contributed by atoms with Crippen LogP contribution in [-0.2, 0) is 11.2 Å². The molecular formula is C27H22N4O3S. The van der Waals surface area contributed by atoms with Gasteiger partial charge in [-0.3, -0.25) is 9.59 Å². The van der Waals surface area contributed by atoms with Crippen molar-refractivity contribution in [1.29, 1.82) is 0 Å². The highest BCUT2D eigenvalue weighted by Gasteiger charge is 2.23. The molecule has 2 aromatic heterocycles. The van der Waals surface area contributed by atoms with Gasteiger partial charge < -0.3 is 20.0 Å². The Labute approximate surface area is 206 Å². The monoisotopic (exact) mass is 482 g/mol. The van der Waals surface area contributed by atoms with E-state index in [1.54, 1.807) is 12.1 Å². The van der Waals surface area contributed by atoms with Crippen molar-refractivity contribution in [3.05, 3.63) is 109 Å². The quantitative estimate of drug-likeness (QED) is 0.279. The van der Waals surface area contributed by atoms with Gasteiger partial charge in [0.15, 0.2) is 10.9 Å². The second-order valence-corrected chi connectivity index (χ2v) is 8.93. The molecule has 0 bridgehead atoms. The molecule has 0 radical (unpaired) electrons. The molecule has 0 saturated heterocycles. The van der Waals surface area contributed by atoms with Crippen molar-refractivity contribution in [2.24, 2.45) is 0 Å². The van der Waals surface area contributed by atoms with E-state index >= 15 is 0 Å². The maximum Gasteiger partial charge on any atom is 0.287 e. The van der Waals surface area contributed by atoms with Gasteiger partial charge in [-0.15, -0.1) is 0 Å². The predicted molar refractivity (Wildman–Crippen MR) is 135 cm³/mol. The molecule has 0 unspecified atom stereocenters. The van der Waals surface area contributed by atoms with Crippen molar-refractivity contribution in [2.75, 3.05) is 5.32 Å². The van der Waals surface area contributed by atoms with E-state index in [2.05, 4.69) is 20.6 Å². The van der Waals surface area contributed by atoms with Gasteiger partial charge in [-0.1, -0.05) is 54.2 Å². The minimum absolute atomic E-state index is 0.155. The zero-order chi connectivity index (χ0) is 24.0. The van der Waals surface area contributed by atoms with E-state index in [1.165, 1.54) is 18.0 Å². The number of carbonyl (C=O) groups excluding carboxylic acids is 2. The third-order valence-electron chi connectivity index (χ3n) is 5.35. The Kier molecular flexibility index (Phi) is 6.63. The average molecular weight is 483 g/mol. The molecule has 2 heterocycles. The summed E-state index contributed by atoms with van der Waals surface area (Å²) in [7, 11) is 0. The molecule has 0 spiro atoms. The number of amides is 2. The summed E-state index contributed by atoms with van der Waals surface area (Å²) in [6, 6.07) is 27.3. The van der Waals surface area contributed by atoms with E-state index in [0.29, 0.717) is 12.1 Å². The fourth-order valence-electron chi connectivity index (χ4n) is 3.62. The Bertz CT molecular complexity index is 1400. The van der Waals surface area contributed by atoms with Crippen molar-refractivity contribution in [2.45, 2.75) is 22.5 Å². The lowest BCUT2D eigenvalue weighted by molar-refractivity contribution is -0.118. The molecule has 0 aliphatic carbocycles. The number of aromatic nitrogens is 2. The lowest BCUT2D eigenvalue weighted by Gasteiger charge is -2.18. The largest absolute Gasteiger partial charge is 0.459 e. The van der Waals surface area contributed by atoms with Crippen LogP contribution in [0.3, 0.4) is 0 Å². The second kappa shape index (κ2) is 10.3. The zero-order valence-corrected chi connectivity index (χ0v) is 19.4. The molecule has 0 fully saturated rings. The predicted octanol–water partition coefficient (Wildman–Crippen LogP) is 5.29. The molecule has 1 atom stereocenters. The molecule has 174 valence electrons. The van der Waals surface area contributed by atoms with E-state index in [9.17, 15) is 9.59 Å². The molecule has 2 amide bonds. The van der Waals surface area contributed by atoms with Gasteiger partial charge in [0.2, 0.25) is 5.91 Å². The summed E-state index contributed by atoms with van der Waals surface area (Å²) in [6.45, 7) is 0. The van der Waals surface area contributed by atoms with E-state index in [0.717, 1.165) is 26.6 Å². The Morgan fingerprint density at radius 3 is 2.43 bits per heavy atom. The maximum atomic E-state index is 13.1. The number of nitrogens with one attached hydrogen (secondary N) is 3. The van der Waals surface area contributed by atoms with E-state index in [-0.39, 0.29) is 11.7 Å². The molecule has 35 heavy (non-hydrogen) atoms. The van der Waals surface area contributed by atoms with Gasteiger partial charge in [0.1, 0.15) is 6.04 Å². The fraction of sp³-hybridized carbons (Fsp3) is 0.0741. The first-order chi connectivity index (χ1) is 17.1. The van der Waals surface area contributed by atoms with Crippen LogP contribution >= 0.6 is 11.8 Å². The molecule has 5 rings (SSSR count). The number of rotatable bonds is 8. The zero-order valence-electron chi connectivity index (χ0n) is 18.6. The summed E-state index contributed by atoms with van der Waals surface area (Å²) in [4.78, 5) is 34.5. The lowest BCUT2D eigenvalue weighted by Crippen LogP contribution is -2.45. The number of anilines is 1. The van der Waals surface area contributed by atoms with E-state index < -0.39 is 11.9 Å². The molecule has 0 aliphatic rings. The second-order valence-electron chi connectivity index (χ2n) is 7.87. The van der Waals surface area contributed by atoms with Crippen LogP contribution in [0.1, 0.15) is 16.1 Å². The number of hydrogen-bond acceptors (Lipinski definition) is 5. The van der Waals surface area contributed by atoms with Crippen molar-refractivity contribution >= 4 is 40.3 Å². The van der Waals surface area contributed by atoms with Crippen LogP contribution in [0, 0.1) is 0 Å². The van der Waals surface area contributed by atoms with Crippen LogP contribution in [0.5, 0.6) is 0 Å². The molecule has 8 heteroatoms. The first-order valence-electron chi connectivity index (χ1n) is 11.1. The highest BCUT2D eigenvalue weighted by atomic mass is 32.2. The Hall–Kier alpha value is -4.30. The average Bonchev–Trinajstić information content (AvgIpc) is 3.55. The number of nitrogens with zero attached hydrogens (tertiary/aromatic N) is 1. The number of H-pyrrole nitrogens is 1. The summed E-state index contributed by atoms with van der Waals surface area (Å²) < 4.78 is 5.17. The molecule has 0 aliphatic heterocycles. The van der Waals surface area contributed by atoms with Crippen molar-refractivity contribution in [1.82, 2.24) is 15.3 Å². The smallest absolute Gasteiger partial charge is 0.287 e. The van der Waals surface area contributed by atoms with Crippen LogP contribution < -0.4 is 10.6 Å². The summed E-state index contributed by atoms with van der Waals surface area (Å²) in [5, 5.41) is 6.49. The van der Waals surface area contributed by atoms with Gasteiger partial charge in [-0.25, -0.2) is 4.98 Å². The van der Waals surface area contributed by atoms with Crippen molar-refractivity contribution in [3.8, 4) is 0 Å². The lowest BCUT2D eigenvalue weighted by atomic mass is 10.0. The summed E-state index contributed by atoms with van der Waals surface area (Å²) in [5.74, 6) is -0.599. The Morgan fingerprint density at radius 2 is 1.69 bits per heavy atom. The van der Waals surface area contributed by atoms with Crippen LogP contribution in [0.4, 0.5) is 5.69 Å². The first kappa shape index (κ1) is 22.5. The summed E-state index contributed by atoms with van der Waals surface area (Å²) >= 11 is 1.51. The minimum atomic E-state index is -0.778. The van der Waals surface area contributed by atoms with Crippen LogP contribution in [0.15, 0.2) is 112 Å². The molecule has 7 nitrogen and oxygen atoms in total. The first-order valence-corrected chi connectivity index (χ1v) is 11.9. The number of fused-ring (bicyclic) bond motifs is 1. The molecule has 3 aromatic carbocycles. The van der Waals surface area contributed by atoms with Gasteiger partial charge in [0, 0.05) is 17.0 Å². The van der Waals surface area contributed by atoms with Crippen LogP contribution in [0.2, 0.25) is 0 Å². The number of para-hydroxylation sites is 2. The Morgan fingerprint density at radius 1 is 0.914 bits per heavy atom. The fourth-order valence-corrected chi connectivity index (χ4v) is 4.42. The van der Waals surface area contributed by atoms with Gasteiger partial charge in [-0.2, -0.15) is 0 Å². The Balaban J connectivity index is 1.27. The number of aromatic amines is 1. The minimum Gasteiger partial charge on any atom is -0.459 e. The number of imidazole rings is 1. The van der Waals surface area contributed by atoms with Gasteiger partial charge in [0.25, 0.3) is 5.91 Å². The number of benzene rings is 3. The third kappa shape index (κ3) is 5.62. The summed E-state index contributed by atoms with van der Waals surface area (Å²) in [5.41, 5.74) is 3.47. The van der Waals surface area contributed by atoms with Gasteiger partial charge in [-0.05, 0) is 54.1 Å². The van der Waals surface area contributed by atoms with E-state index in [4.69, 9.17) is 4.42 Å². The van der Waals surface area contributed by atoms with Crippen molar-refractivity contribution < 1.29 is 14.0 Å². The van der Waals surface area contributed by atoms with Gasteiger partial charge in [0.05, 0.1) is 17.3 Å². The molecule has 0 saturated carbocycles. The number of carbonyl (C=O) groups is 2. The number of hydrogen-bond donors (Lipinski definition) is 3. The number of furan rings is 1. The van der Waals surface area contributed by atoms with Gasteiger partial charge >= 0.3 is 0 Å². The highest BCUT2D eigenvalue weighted by Crippen LogP contribution is 2.28. The van der Waals surface area contributed by atoms with Crippen LogP contribution in [0.25, 0.3) is 11.0 Å². The molecule has 3 N–H and O–H groups in total. The highest BCUT2D eigenvalue weighted by molar-refractivity contribution is 7.99. The third-order valence-corrected chi connectivity index (χ3v) is 6.25. The standard InChI is InChI=1S/C27H22N4O3S/c32-25(23(17-18-7-2-1-3-8-18)29-26(33)24-11-6-16-34-24)28-19-12-14-20(15-13-19)35-27-30-21-9-4-5-10-22(21)31-27/h1-16,23H,17H2,(H,28,32)(H,29,33)(H,30,31)/t23-/m0/s1. The molecule has 5 aromatic rings. The normalized spacial score (nSPS) is 11.8. The maximum absolute atomic E-state index is 13.1.